The molecule has 3 aliphatic rings. The Balaban J connectivity index is 2.18. The second-order valence-corrected chi connectivity index (χ2v) is 5.96. The molecule has 0 amide bonds. The summed E-state index contributed by atoms with van der Waals surface area (Å²) in [7, 11) is -1.58. The Morgan fingerprint density at radius 2 is 1.92 bits per heavy atom. The van der Waals surface area contributed by atoms with Crippen molar-refractivity contribution in [2.75, 3.05) is 20.1 Å². The molecule has 0 saturated carbocycles. The van der Waals surface area contributed by atoms with Crippen molar-refractivity contribution in [3.8, 4) is 0 Å². The number of fused-ring (bicyclic) bond motifs is 3. The van der Waals surface area contributed by atoms with Gasteiger partial charge < -0.3 is 0 Å². The molecule has 2 bridgehead atoms. The molecule has 0 radical (unpaired) electrons. The van der Waals surface area contributed by atoms with E-state index < -0.39 is 10.0 Å². The van der Waals surface area contributed by atoms with Crippen LogP contribution in [0.4, 0.5) is 0 Å². The lowest BCUT2D eigenvalue weighted by Gasteiger charge is -2.44. The first-order valence-corrected chi connectivity index (χ1v) is 6.34. The molecule has 4 nitrogen and oxygen atoms in total. The third kappa shape index (κ3) is 1.60. The van der Waals surface area contributed by atoms with Gasteiger partial charge in [0.2, 0.25) is 10.0 Å². The topological polar surface area (TPSA) is 49.4 Å². The highest BCUT2D eigenvalue weighted by Gasteiger charge is 2.40. The Hall–Kier alpha value is -0.130. The summed E-state index contributed by atoms with van der Waals surface area (Å²) in [5, 5.41) is -0.259. The molecule has 0 aliphatic carbocycles. The van der Waals surface area contributed by atoms with E-state index in [4.69, 9.17) is 0 Å². The molecule has 1 N–H and O–H groups in total. The van der Waals surface area contributed by atoms with Crippen LogP contribution in [-0.4, -0.2) is 38.8 Å². The molecule has 13 heavy (non-hydrogen) atoms. The summed E-state index contributed by atoms with van der Waals surface area (Å²) in [4.78, 5) is 2.09. The molecule has 0 spiro atoms. The van der Waals surface area contributed by atoms with Gasteiger partial charge in [0.05, 0.1) is 0 Å². The van der Waals surface area contributed by atoms with Crippen molar-refractivity contribution in [3.05, 3.63) is 0 Å². The van der Waals surface area contributed by atoms with E-state index in [-0.39, 0.29) is 5.37 Å². The number of piperidine rings is 3. The maximum atomic E-state index is 11.6. The van der Waals surface area contributed by atoms with Crippen LogP contribution in [0.5, 0.6) is 0 Å². The van der Waals surface area contributed by atoms with Crippen LogP contribution in [0.25, 0.3) is 0 Å². The summed E-state index contributed by atoms with van der Waals surface area (Å²) in [6, 6.07) is 0. The van der Waals surface area contributed by atoms with Crippen molar-refractivity contribution in [3.63, 3.8) is 0 Å². The number of hydrogen-bond acceptors (Lipinski definition) is 3. The zero-order chi connectivity index (χ0) is 9.47. The van der Waals surface area contributed by atoms with E-state index in [0.29, 0.717) is 5.92 Å². The van der Waals surface area contributed by atoms with Gasteiger partial charge >= 0.3 is 0 Å². The standard InChI is InChI=1S/C8H16N2O2S/c1-9-13(11,12)8-6-7-2-4-10(8)5-3-7/h7-9H,2-6H2,1H3. The van der Waals surface area contributed by atoms with E-state index in [1.165, 1.54) is 19.9 Å². The van der Waals surface area contributed by atoms with Crippen molar-refractivity contribution in [1.29, 1.82) is 0 Å². The van der Waals surface area contributed by atoms with Gasteiger partial charge in [-0.25, -0.2) is 13.1 Å². The van der Waals surface area contributed by atoms with Gasteiger partial charge in [-0.2, -0.15) is 0 Å². The second-order valence-electron chi connectivity index (χ2n) is 3.92. The molecule has 5 heteroatoms. The molecule has 1 unspecified atom stereocenters. The van der Waals surface area contributed by atoms with E-state index in [1.54, 1.807) is 0 Å². The average molecular weight is 204 g/mol. The highest BCUT2D eigenvalue weighted by molar-refractivity contribution is 7.90. The minimum absolute atomic E-state index is 0.259. The predicted molar refractivity (Wildman–Crippen MR) is 50.7 cm³/mol. The third-order valence-corrected chi connectivity index (χ3v) is 5.01. The Bertz CT molecular complexity index is 281. The summed E-state index contributed by atoms with van der Waals surface area (Å²) in [5.74, 6) is 0.637. The second kappa shape index (κ2) is 3.22. The van der Waals surface area contributed by atoms with Crippen LogP contribution in [0.2, 0.25) is 0 Å². The maximum absolute atomic E-state index is 11.6. The quantitative estimate of drug-likeness (QED) is 0.687. The summed E-state index contributed by atoms with van der Waals surface area (Å²) in [5.41, 5.74) is 0. The third-order valence-electron chi connectivity index (χ3n) is 3.23. The zero-order valence-corrected chi connectivity index (χ0v) is 8.68. The Labute approximate surface area is 79.4 Å². The van der Waals surface area contributed by atoms with E-state index in [0.717, 1.165) is 19.5 Å². The van der Waals surface area contributed by atoms with E-state index in [2.05, 4.69) is 9.62 Å². The van der Waals surface area contributed by atoms with Crippen LogP contribution in [0.3, 0.4) is 0 Å². The van der Waals surface area contributed by atoms with Gasteiger partial charge in [0.1, 0.15) is 5.37 Å². The van der Waals surface area contributed by atoms with Gasteiger partial charge in [0, 0.05) is 0 Å². The van der Waals surface area contributed by atoms with Gasteiger partial charge in [-0.05, 0) is 45.3 Å². The molecule has 1 atom stereocenters. The minimum Gasteiger partial charge on any atom is -0.286 e. The monoisotopic (exact) mass is 204 g/mol. The first-order chi connectivity index (χ1) is 6.13. The normalized spacial score (nSPS) is 39.3. The highest BCUT2D eigenvalue weighted by atomic mass is 32.2. The zero-order valence-electron chi connectivity index (χ0n) is 7.86. The van der Waals surface area contributed by atoms with Gasteiger partial charge in [-0.3, -0.25) is 4.90 Å². The molecule has 0 aromatic heterocycles. The van der Waals surface area contributed by atoms with E-state index in [9.17, 15) is 8.42 Å². The SMILES string of the molecule is CNS(=O)(=O)C1CC2CCN1CC2. The summed E-state index contributed by atoms with van der Waals surface area (Å²) >= 11 is 0. The maximum Gasteiger partial charge on any atom is 0.227 e. The molecule has 76 valence electrons. The summed E-state index contributed by atoms with van der Waals surface area (Å²) in [6.45, 7) is 1.91. The van der Waals surface area contributed by atoms with Gasteiger partial charge in [0.15, 0.2) is 0 Å². The lowest BCUT2D eigenvalue weighted by atomic mass is 9.88. The largest absolute Gasteiger partial charge is 0.286 e. The van der Waals surface area contributed by atoms with E-state index in [1.807, 2.05) is 0 Å². The van der Waals surface area contributed by atoms with E-state index >= 15 is 0 Å². The number of nitrogens with one attached hydrogen (secondary N) is 1. The Kier molecular flexibility index (Phi) is 2.33. The number of hydrogen-bond donors (Lipinski definition) is 1. The Morgan fingerprint density at radius 1 is 1.31 bits per heavy atom. The van der Waals surface area contributed by atoms with Crippen LogP contribution in [0.1, 0.15) is 19.3 Å². The highest BCUT2D eigenvalue weighted by Crippen LogP contribution is 2.33. The molecule has 0 aromatic carbocycles. The molecule has 3 aliphatic heterocycles. The van der Waals surface area contributed by atoms with Crippen molar-refractivity contribution in [2.24, 2.45) is 5.92 Å². The first-order valence-electron chi connectivity index (χ1n) is 4.80. The van der Waals surface area contributed by atoms with Crippen LogP contribution in [0, 0.1) is 5.92 Å². The molecule has 3 rings (SSSR count). The van der Waals surface area contributed by atoms with Crippen molar-refractivity contribution in [1.82, 2.24) is 9.62 Å². The van der Waals surface area contributed by atoms with Crippen LogP contribution in [-0.2, 0) is 10.0 Å². The fourth-order valence-electron chi connectivity index (χ4n) is 2.37. The van der Waals surface area contributed by atoms with Crippen LogP contribution in [0.15, 0.2) is 0 Å². The van der Waals surface area contributed by atoms with Gasteiger partial charge in [-0.15, -0.1) is 0 Å². The molecule has 3 fully saturated rings. The molecular formula is C8H16N2O2S. The number of nitrogens with zero attached hydrogens (tertiary/aromatic N) is 1. The summed E-state index contributed by atoms with van der Waals surface area (Å²) < 4.78 is 25.6. The minimum atomic E-state index is -3.08. The van der Waals surface area contributed by atoms with Crippen molar-refractivity contribution >= 4 is 10.0 Å². The Morgan fingerprint density at radius 3 is 2.31 bits per heavy atom. The van der Waals surface area contributed by atoms with Crippen LogP contribution < -0.4 is 4.72 Å². The fourth-order valence-corrected chi connectivity index (χ4v) is 3.77. The summed E-state index contributed by atoms with van der Waals surface area (Å²) in [6.07, 6.45) is 3.18. The fraction of sp³-hybridized carbons (Fsp3) is 1.00. The number of sulfonamides is 1. The lowest BCUT2D eigenvalue weighted by Crippen LogP contribution is -2.54. The lowest BCUT2D eigenvalue weighted by molar-refractivity contribution is 0.0879. The molecular weight excluding hydrogens is 188 g/mol. The van der Waals surface area contributed by atoms with Crippen molar-refractivity contribution < 1.29 is 8.42 Å². The van der Waals surface area contributed by atoms with Gasteiger partial charge in [-0.1, -0.05) is 0 Å². The van der Waals surface area contributed by atoms with Crippen molar-refractivity contribution in [2.45, 2.75) is 24.6 Å². The molecule has 3 heterocycles. The van der Waals surface area contributed by atoms with Crippen LogP contribution >= 0.6 is 0 Å². The number of rotatable bonds is 2. The average Bonchev–Trinajstić information content (AvgIpc) is 2.19. The molecule has 3 saturated heterocycles. The predicted octanol–water partition coefficient (Wildman–Crippen LogP) is -0.0226. The van der Waals surface area contributed by atoms with Gasteiger partial charge in [0.25, 0.3) is 0 Å². The molecule has 0 aromatic rings. The smallest absolute Gasteiger partial charge is 0.227 e. The first kappa shape index (κ1) is 9.43.